The van der Waals surface area contributed by atoms with Crippen LogP contribution in [0.15, 0.2) is 9.64 Å². The summed E-state index contributed by atoms with van der Waals surface area (Å²) in [4.78, 5) is 11.7. The third-order valence-corrected chi connectivity index (χ3v) is 5.43. The van der Waals surface area contributed by atoms with Crippen molar-refractivity contribution >= 4 is 27.5 Å². The Morgan fingerprint density at radius 3 is 2.71 bits per heavy atom. The summed E-state index contributed by atoms with van der Waals surface area (Å²) in [7, 11) is -2.98. The first-order chi connectivity index (χ1) is 9.65. The summed E-state index contributed by atoms with van der Waals surface area (Å²) in [5.41, 5.74) is -0.282. The molecular formula is C12H19N3O4S2. The van der Waals surface area contributed by atoms with Gasteiger partial charge in [0.15, 0.2) is 9.84 Å². The summed E-state index contributed by atoms with van der Waals surface area (Å²) >= 11 is 1.15. The van der Waals surface area contributed by atoms with Gasteiger partial charge in [0.05, 0.1) is 23.2 Å². The summed E-state index contributed by atoms with van der Waals surface area (Å²) in [5, 5.41) is 10.9. The molecule has 7 nitrogen and oxygen atoms in total. The molecule has 1 fully saturated rings. The van der Waals surface area contributed by atoms with Gasteiger partial charge >= 0.3 is 0 Å². The van der Waals surface area contributed by atoms with Crippen molar-refractivity contribution in [2.24, 2.45) is 0 Å². The number of thioether (sulfide) groups is 1. The second-order valence-electron chi connectivity index (χ2n) is 6.09. The van der Waals surface area contributed by atoms with Crippen LogP contribution in [0.2, 0.25) is 0 Å². The van der Waals surface area contributed by atoms with Gasteiger partial charge in [-0.3, -0.25) is 4.79 Å². The molecule has 2 rings (SSSR count). The van der Waals surface area contributed by atoms with Gasteiger partial charge in [-0.2, -0.15) is 0 Å². The lowest BCUT2D eigenvalue weighted by molar-refractivity contribution is -0.119. The zero-order chi connectivity index (χ0) is 15.7. The van der Waals surface area contributed by atoms with Gasteiger partial charge in [-0.15, -0.1) is 10.2 Å². The quantitative estimate of drug-likeness (QED) is 0.819. The average molecular weight is 333 g/mol. The first-order valence-corrected chi connectivity index (χ1v) is 9.43. The number of nitrogens with one attached hydrogen (secondary N) is 1. The Balaban J connectivity index is 1.88. The molecule has 2 heterocycles. The lowest BCUT2D eigenvalue weighted by Gasteiger charge is -2.19. The molecule has 0 aromatic carbocycles. The minimum absolute atomic E-state index is 0.0593. The second-order valence-corrected chi connectivity index (χ2v) is 9.25. The molecule has 1 aliphatic heterocycles. The lowest BCUT2D eigenvalue weighted by atomic mass is 10.1. The molecule has 1 aliphatic rings. The van der Waals surface area contributed by atoms with Crippen LogP contribution in [-0.2, 0) is 14.6 Å². The zero-order valence-electron chi connectivity index (χ0n) is 12.2. The number of carbonyl (C=O) groups excluding carboxylic acids is 1. The molecule has 1 atom stereocenters. The van der Waals surface area contributed by atoms with Gasteiger partial charge in [0.25, 0.3) is 5.22 Å². The molecule has 1 aromatic heterocycles. The Morgan fingerprint density at radius 2 is 2.14 bits per heavy atom. The van der Waals surface area contributed by atoms with E-state index in [0.717, 1.165) is 11.8 Å². The highest BCUT2D eigenvalue weighted by Gasteiger charge is 2.32. The Kier molecular flexibility index (Phi) is 4.62. The summed E-state index contributed by atoms with van der Waals surface area (Å²) in [6, 6.07) is 0. The second kappa shape index (κ2) is 5.96. The number of aromatic nitrogens is 2. The summed E-state index contributed by atoms with van der Waals surface area (Å²) in [6.07, 6.45) is 0.513. The van der Waals surface area contributed by atoms with Crippen molar-refractivity contribution < 1.29 is 17.6 Å². The summed E-state index contributed by atoms with van der Waals surface area (Å²) < 4.78 is 28.3. The van der Waals surface area contributed by atoms with E-state index in [1.165, 1.54) is 0 Å². The van der Waals surface area contributed by atoms with Crippen molar-refractivity contribution in [3.8, 4) is 0 Å². The van der Waals surface area contributed by atoms with Crippen LogP contribution >= 0.6 is 11.8 Å². The van der Waals surface area contributed by atoms with Crippen LogP contribution in [0.4, 0.5) is 0 Å². The van der Waals surface area contributed by atoms with Crippen LogP contribution in [0.1, 0.15) is 39.0 Å². The Bertz CT molecular complexity index is 619. The number of nitrogens with zero attached hydrogens (tertiary/aromatic N) is 2. The van der Waals surface area contributed by atoms with Gasteiger partial charge in [-0.05, 0) is 27.2 Å². The fraction of sp³-hybridized carbons (Fsp3) is 0.750. The van der Waals surface area contributed by atoms with Crippen LogP contribution in [0.5, 0.6) is 0 Å². The van der Waals surface area contributed by atoms with Crippen LogP contribution in [0, 0.1) is 0 Å². The fourth-order valence-electron chi connectivity index (χ4n) is 2.02. The van der Waals surface area contributed by atoms with Gasteiger partial charge in [-0.25, -0.2) is 8.42 Å². The fourth-order valence-corrected chi connectivity index (χ4v) is 4.32. The standard InChI is InChI=1S/C12H19N3O4S2/c1-12(2,3)13-9(16)6-20-11-15-14-10(19-11)8-4-5-21(17,18)7-8/h8H,4-7H2,1-3H3,(H,13,16)/t8-/m1/s1. The molecule has 0 spiro atoms. The number of sulfone groups is 1. The molecule has 118 valence electrons. The molecule has 21 heavy (non-hydrogen) atoms. The number of rotatable bonds is 4. The Morgan fingerprint density at radius 1 is 1.43 bits per heavy atom. The first-order valence-electron chi connectivity index (χ1n) is 6.62. The maximum atomic E-state index is 11.7. The first kappa shape index (κ1) is 16.3. The molecule has 0 radical (unpaired) electrons. The van der Waals surface area contributed by atoms with E-state index in [9.17, 15) is 13.2 Å². The van der Waals surface area contributed by atoms with Crippen molar-refractivity contribution in [2.45, 2.75) is 43.9 Å². The highest BCUT2D eigenvalue weighted by molar-refractivity contribution is 7.99. The number of carbonyl (C=O) groups is 1. The van der Waals surface area contributed by atoms with E-state index >= 15 is 0 Å². The van der Waals surface area contributed by atoms with E-state index in [-0.39, 0.29) is 34.6 Å². The largest absolute Gasteiger partial charge is 0.416 e. The lowest BCUT2D eigenvalue weighted by Crippen LogP contribution is -2.41. The monoisotopic (exact) mass is 333 g/mol. The minimum Gasteiger partial charge on any atom is -0.416 e. The van der Waals surface area contributed by atoms with Crippen molar-refractivity contribution in [1.29, 1.82) is 0 Å². The van der Waals surface area contributed by atoms with E-state index in [1.54, 1.807) is 0 Å². The highest BCUT2D eigenvalue weighted by Crippen LogP contribution is 2.29. The molecule has 0 saturated carbocycles. The van der Waals surface area contributed by atoms with Crippen LogP contribution in [0.25, 0.3) is 0 Å². The summed E-state index contributed by atoms with van der Waals surface area (Å²) in [6.45, 7) is 5.71. The summed E-state index contributed by atoms with van der Waals surface area (Å²) in [5.74, 6) is 0.410. The van der Waals surface area contributed by atoms with Crippen molar-refractivity contribution in [3.63, 3.8) is 0 Å². The van der Waals surface area contributed by atoms with Crippen LogP contribution in [0.3, 0.4) is 0 Å². The number of hydrogen-bond acceptors (Lipinski definition) is 7. The Labute approximate surface area is 128 Å². The van der Waals surface area contributed by atoms with Crippen LogP contribution < -0.4 is 5.32 Å². The van der Waals surface area contributed by atoms with Gasteiger partial charge in [0.1, 0.15) is 0 Å². The smallest absolute Gasteiger partial charge is 0.277 e. The molecule has 1 aromatic rings. The SMILES string of the molecule is CC(C)(C)NC(=O)CSc1nnc([C@@H]2CCS(=O)(=O)C2)o1. The molecule has 1 N–H and O–H groups in total. The predicted octanol–water partition coefficient (Wildman–Crippen LogP) is 0.979. The Hall–Kier alpha value is -1.09. The van der Waals surface area contributed by atoms with E-state index in [4.69, 9.17) is 4.42 Å². The number of hydrogen-bond donors (Lipinski definition) is 1. The molecule has 0 bridgehead atoms. The maximum Gasteiger partial charge on any atom is 0.277 e. The molecule has 9 heteroatoms. The zero-order valence-corrected chi connectivity index (χ0v) is 13.9. The van der Waals surface area contributed by atoms with Gasteiger partial charge in [0.2, 0.25) is 11.8 Å². The third-order valence-electron chi connectivity index (χ3n) is 2.84. The van der Waals surface area contributed by atoms with Crippen molar-refractivity contribution in [3.05, 3.63) is 5.89 Å². The van der Waals surface area contributed by atoms with E-state index in [1.807, 2.05) is 20.8 Å². The molecular weight excluding hydrogens is 314 g/mol. The van der Waals surface area contributed by atoms with E-state index in [0.29, 0.717) is 17.5 Å². The van der Waals surface area contributed by atoms with Gasteiger partial charge < -0.3 is 9.73 Å². The van der Waals surface area contributed by atoms with E-state index < -0.39 is 9.84 Å². The van der Waals surface area contributed by atoms with Crippen molar-refractivity contribution in [2.75, 3.05) is 17.3 Å². The molecule has 1 amide bonds. The van der Waals surface area contributed by atoms with Crippen molar-refractivity contribution in [1.82, 2.24) is 15.5 Å². The minimum atomic E-state index is -2.98. The predicted molar refractivity (Wildman–Crippen MR) is 78.9 cm³/mol. The molecule has 1 saturated heterocycles. The normalized spacial score (nSPS) is 21.4. The molecule has 0 unspecified atom stereocenters. The van der Waals surface area contributed by atoms with Gasteiger partial charge in [0, 0.05) is 5.54 Å². The number of amides is 1. The van der Waals surface area contributed by atoms with Crippen LogP contribution in [-0.4, -0.2) is 47.3 Å². The van der Waals surface area contributed by atoms with E-state index in [2.05, 4.69) is 15.5 Å². The average Bonchev–Trinajstić information content (AvgIpc) is 2.90. The molecule has 0 aliphatic carbocycles. The third kappa shape index (κ3) is 4.99. The maximum absolute atomic E-state index is 11.7. The van der Waals surface area contributed by atoms with Gasteiger partial charge in [-0.1, -0.05) is 11.8 Å². The highest BCUT2D eigenvalue weighted by atomic mass is 32.2. The topological polar surface area (TPSA) is 102 Å².